The van der Waals surface area contributed by atoms with Crippen molar-refractivity contribution in [1.29, 1.82) is 0 Å². The Morgan fingerprint density at radius 3 is 2.22 bits per heavy atom. The van der Waals surface area contributed by atoms with E-state index in [1.165, 1.54) is 0 Å². The van der Waals surface area contributed by atoms with E-state index in [0.717, 1.165) is 35.7 Å². The molecular formula is C23H30F2N6O. The van der Waals surface area contributed by atoms with Crippen LogP contribution in [-0.2, 0) is 11.8 Å². The van der Waals surface area contributed by atoms with Crippen molar-refractivity contribution in [1.82, 2.24) is 29.7 Å². The Morgan fingerprint density at radius 1 is 0.938 bits per heavy atom. The van der Waals surface area contributed by atoms with Gasteiger partial charge in [0, 0.05) is 57.3 Å². The van der Waals surface area contributed by atoms with Gasteiger partial charge in [-0.3, -0.25) is 4.68 Å². The van der Waals surface area contributed by atoms with Gasteiger partial charge in [0.05, 0.1) is 17.1 Å². The van der Waals surface area contributed by atoms with Gasteiger partial charge in [0.2, 0.25) is 5.92 Å². The molecule has 5 rings (SSSR count). The van der Waals surface area contributed by atoms with Gasteiger partial charge in [-0.2, -0.15) is 5.10 Å². The molecule has 2 fully saturated rings. The number of halogens is 2. The molecule has 172 valence electrons. The van der Waals surface area contributed by atoms with Crippen LogP contribution in [0.4, 0.5) is 8.78 Å². The first-order valence-corrected chi connectivity index (χ1v) is 11.2. The highest BCUT2D eigenvalue weighted by molar-refractivity contribution is 5.73. The highest BCUT2D eigenvalue weighted by atomic mass is 19.3. The molecule has 1 aliphatic carbocycles. The van der Waals surface area contributed by atoms with E-state index in [-0.39, 0.29) is 24.7 Å². The summed E-state index contributed by atoms with van der Waals surface area (Å²) in [6, 6.07) is 1.89. The number of nitrogens with zero attached hydrogens (tertiary/aromatic N) is 6. The topological polar surface area (TPSA) is 78.6 Å². The smallest absolute Gasteiger partial charge is 0.248 e. The number of aromatic nitrogens is 6. The molecule has 0 N–H and O–H groups in total. The van der Waals surface area contributed by atoms with E-state index in [9.17, 15) is 8.78 Å². The van der Waals surface area contributed by atoms with Crippen molar-refractivity contribution in [3.05, 3.63) is 41.4 Å². The molecule has 32 heavy (non-hydrogen) atoms. The van der Waals surface area contributed by atoms with Crippen LogP contribution >= 0.6 is 0 Å². The zero-order chi connectivity index (χ0) is 22.7. The summed E-state index contributed by atoms with van der Waals surface area (Å²) in [4.78, 5) is 18.8. The lowest BCUT2D eigenvalue weighted by Crippen LogP contribution is -2.25. The molecule has 0 unspecified atom stereocenters. The number of fused-ring (bicyclic) bond motifs is 1. The van der Waals surface area contributed by atoms with E-state index >= 15 is 0 Å². The van der Waals surface area contributed by atoms with Gasteiger partial charge in [0.25, 0.3) is 0 Å². The maximum atomic E-state index is 13.6. The van der Waals surface area contributed by atoms with E-state index in [2.05, 4.69) is 15.1 Å². The van der Waals surface area contributed by atoms with Crippen molar-refractivity contribution in [3.8, 4) is 0 Å². The van der Waals surface area contributed by atoms with E-state index < -0.39 is 5.92 Å². The largest absolute Gasteiger partial charge is 0.381 e. The third kappa shape index (κ3) is 5.26. The molecule has 4 heterocycles. The molecule has 9 heteroatoms. The molecule has 2 aliphatic rings. The van der Waals surface area contributed by atoms with Crippen molar-refractivity contribution in [2.24, 2.45) is 7.05 Å². The van der Waals surface area contributed by atoms with Crippen LogP contribution in [0.2, 0.25) is 0 Å². The minimum Gasteiger partial charge on any atom is -0.381 e. The molecule has 3 aromatic heterocycles. The minimum absolute atomic E-state index is 0.00452. The highest BCUT2D eigenvalue weighted by Crippen LogP contribution is 2.42. The van der Waals surface area contributed by atoms with Crippen LogP contribution in [0.25, 0.3) is 11.2 Å². The second-order valence-electron chi connectivity index (χ2n) is 8.73. The average molecular weight is 445 g/mol. The first-order chi connectivity index (χ1) is 15.3. The number of hydrogen-bond donors (Lipinski definition) is 0. The number of ether oxygens (including phenoxy) is 1. The summed E-state index contributed by atoms with van der Waals surface area (Å²) >= 11 is 0. The maximum absolute atomic E-state index is 13.6. The maximum Gasteiger partial charge on any atom is 0.248 e. The van der Waals surface area contributed by atoms with Crippen LogP contribution in [0.3, 0.4) is 0 Å². The van der Waals surface area contributed by atoms with Crippen LogP contribution in [0.15, 0.2) is 18.5 Å². The van der Waals surface area contributed by atoms with Crippen molar-refractivity contribution in [2.45, 2.75) is 70.1 Å². The van der Waals surface area contributed by atoms with Crippen molar-refractivity contribution in [3.63, 3.8) is 0 Å². The molecule has 0 atom stereocenters. The monoisotopic (exact) mass is 444 g/mol. The van der Waals surface area contributed by atoms with Gasteiger partial charge in [-0.25, -0.2) is 28.7 Å². The summed E-state index contributed by atoms with van der Waals surface area (Å²) in [7, 11) is 1.89. The zero-order valence-electron chi connectivity index (χ0n) is 18.9. The summed E-state index contributed by atoms with van der Waals surface area (Å²) in [6.07, 6.45) is 6.09. The van der Waals surface area contributed by atoms with Crippen LogP contribution < -0.4 is 0 Å². The van der Waals surface area contributed by atoms with Crippen LogP contribution in [0.1, 0.15) is 73.3 Å². The number of aryl methyl sites for hydroxylation is 3. The Bertz CT molecular complexity index is 1040. The minimum atomic E-state index is -2.55. The quantitative estimate of drug-likeness (QED) is 0.573. The Hall–Kier alpha value is -2.55. The fourth-order valence-corrected chi connectivity index (χ4v) is 4.23. The van der Waals surface area contributed by atoms with Gasteiger partial charge in [-0.15, -0.1) is 0 Å². The van der Waals surface area contributed by atoms with Gasteiger partial charge in [-0.05, 0) is 45.6 Å². The second kappa shape index (κ2) is 9.52. The van der Waals surface area contributed by atoms with E-state index in [0.29, 0.717) is 37.2 Å². The first-order valence-electron chi connectivity index (χ1n) is 11.2. The summed E-state index contributed by atoms with van der Waals surface area (Å²) in [5.74, 6) is -1.55. The summed E-state index contributed by atoms with van der Waals surface area (Å²) in [5, 5.41) is 3.83. The fourth-order valence-electron chi connectivity index (χ4n) is 4.23. The van der Waals surface area contributed by atoms with Crippen molar-refractivity contribution < 1.29 is 13.5 Å². The van der Waals surface area contributed by atoms with Gasteiger partial charge in [-0.1, -0.05) is 0 Å². The van der Waals surface area contributed by atoms with E-state index in [1.54, 1.807) is 10.9 Å². The third-order valence-corrected chi connectivity index (χ3v) is 6.31. The van der Waals surface area contributed by atoms with Crippen molar-refractivity contribution >= 4 is 11.2 Å². The lowest BCUT2D eigenvalue weighted by molar-refractivity contribution is -0.0384. The van der Waals surface area contributed by atoms with Crippen LogP contribution in [0.5, 0.6) is 0 Å². The molecule has 1 aliphatic heterocycles. The zero-order valence-corrected chi connectivity index (χ0v) is 18.9. The molecular weight excluding hydrogens is 414 g/mol. The van der Waals surface area contributed by atoms with Gasteiger partial charge < -0.3 is 4.74 Å². The standard InChI is InChI=1S/C19H24F2N4O.C4H6N2/c1-11-12(2)23-18-16(22-11)15(13-3-7-19(20,21)8-4-13)24-17(25-18)14-5-9-26-10-6-14;1-6-4-2-3-5-6/h13-14H,3-10H2,1-2H3;2-4H,1H3. The molecule has 0 bridgehead atoms. The Morgan fingerprint density at radius 2 is 1.62 bits per heavy atom. The molecule has 7 nitrogen and oxygen atoms in total. The average Bonchev–Trinajstić information content (AvgIpc) is 3.26. The SMILES string of the molecule is Cc1nc2nc(C3CCOCC3)nc(C3CCC(F)(F)CC3)c2nc1C.Cn1cccn1. The predicted octanol–water partition coefficient (Wildman–Crippen LogP) is 4.64. The Labute approximate surface area is 186 Å². The predicted molar refractivity (Wildman–Crippen MR) is 117 cm³/mol. The second-order valence-corrected chi connectivity index (χ2v) is 8.73. The number of hydrogen-bond acceptors (Lipinski definition) is 6. The molecule has 0 radical (unpaired) electrons. The van der Waals surface area contributed by atoms with Crippen molar-refractivity contribution in [2.75, 3.05) is 13.2 Å². The van der Waals surface area contributed by atoms with E-state index in [1.807, 2.05) is 33.2 Å². The Balaban J connectivity index is 0.000000354. The van der Waals surface area contributed by atoms with Gasteiger partial charge >= 0.3 is 0 Å². The van der Waals surface area contributed by atoms with Crippen LogP contribution in [0, 0.1) is 13.8 Å². The number of rotatable bonds is 2. The summed E-state index contributed by atoms with van der Waals surface area (Å²) in [5.41, 5.74) is 3.76. The summed E-state index contributed by atoms with van der Waals surface area (Å²) < 4.78 is 34.4. The Kier molecular flexibility index (Phi) is 6.74. The van der Waals surface area contributed by atoms with Gasteiger partial charge in [0.1, 0.15) is 11.3 Å². The van der Waals surface area contributed by atoms with E-state index in [4.69, 9.17) is 14.7 Å². The molecule has 1 saturated heterocycles. The molecule has 0 spiro atoms. The normalized spacial score (nSPS) is 19.5. The lowest BCUT2D eigenvalue weighted by Gasteiger charge is -2.29. The summed E-state index contributed by atoms with van der Waals surface area (Å²) in [6.45, 7) is 5.23. The molecule has 0 aromatic carbocycles. The first kappa shape index (κ1) is 22.6. The van der Waals surface area contributed by atoms with Gasteiger partial charge in [0.15, 0.2) is 5.65 Å². The molecule has 3 aromatic rings. The highest BCUT2D eigenvalue weighted by Gasteiger charge is 2.37. The fraction of sp³-hybridized carbons (Fsp3) is 0.609. The molecule has 1 saturated carbocycles. The van der Waals surface area contributed by atoms with Crippen LogP contribution in [-0.4, -0.2) is 48.9 Å². The number of alkyl halides is 2. The third-order valence-electron chi connectivity index (χ3n) is 6.31. The molecule has 0 amide bonds. The lowest BCUT2D eigenvalue weighted by atomic mass is 9.84.